The lowest BCUT2D eigenvalue weighted by Gasteiger charge is -2.32. The van der Waals surface area contributed by atoms with Gasteiger partial charge in [0.25, 0.3) is 0 Å². The SMILES string of the molecule is O=S(=O)([C@@H](c1ccccc1)[C@@H](O)c1ccccc1)N1CCOCC1. The first kappa shape index (κ1) is 17.1. The summed E-state index contributed by atoms with van der Waals surface area (Å²) in [6.45, 7) is 1.38. The molecule has 0 saturated carbocycles. The minimum atomic E-state index is -3.72. The van der Waals surface area contributed by atoms with Crippen molar-refractivity contribution in [3.05, 3.63) is 71.8 Å². The first-order chi connectivity index (χ1) is 11.6. The number of benzene rings is 2. The summed E-state index contributed by atoms with van der Waals surface area (Å²) in [7, 11) is -3.72. The van der Waals surface area contributed by atoms with Crippen LogP contribution >= 0.6 is 0 Å². The second-order valence-electron chi connectivity index (χ2n) is 5.74. The van der Waals surface area contributed by atoms with Gasteiger partial charge in [-0.2, -0.15) is 4.31 Å². The summed E-state index contributed by atoms with van der Waals surface area (Å²) in [6.07, 6.45) is -1.14. The quantitative estimate of drug-likeness (QED) is 0.900. The highest BCUT2D eigenvalue weighted by Gasteiger charge is 2.39. The molecule has 1 aliphatic heterocycles. The topological polar surface area (TPSA) is 66.8 Å². The Kier molecular flexibility index (Phi) is 5.30. The minimum absolute atomic E-state index is 0.313. The third-order valence-electron chi connectivity index (χ3n) is 4.21. The monoisotopic (exact) mass is 347 g/mol. The molecule has 0 spiro atoms. The van der Waals surface area contributed by atoms with Crippen LogP contribution in [0, 0.1) is 0 Å². The number of hydrogen-bond acceptors (Lipinski definition) is 4. The van der Waals surface area contributed by atoms with Crippen molar-refractivity contribution >= 4 is 10.0 Å². The lowest BCUT2D eigenvalue weighted by molar-refractivity contribution is 0.0709. The van der Waals surface area contributed by atoms with Gasteiger partial charge in [-0.05, 0) is 11.1 Å². The minimum Gasteiger partial charge on any atom is -0.387 e. The maximum absolute atomic E-state index is 13.2. The lowest BCUT2D eigenvalue weighted by atomic mass is 10.0. The van der Waals surface area contributed by atoms with Crippen molar-refractivity contribution in [2.75, 3.05) is 26.3 Å². The average Bonchev–Trinajstić information content (AvgIpc) is 2.64. The van der Waals surface area contributed by atoms with Crippen LogP contribution in [-0.4, -0.2) is 44.1 Å². The second-order valence-corrected chi connectivity index (χ2v) is 7.80. The van der Waals surface area contributed by atoms with Crippen molar-refractivity contribution in [1.82, 2.24) is 4.31 Å². The van der Waals surface area contributed by atoms with E-state index in [-0.39, 0.29) is 0 Å². The number of sulfonamides is 1. The van der Waals surface area contributed by atoms with Crippen LogP contribution in [-0.2, 0) is 14.8 Å². The number of morpholine rings is 1. The number of aliphatic hydroxyl groups excluding tert-OH is 1. The van der Waals surface area contributed by atoms with Crippen molar-refractivity contribution in [2.24, 2.45) is 0 Å². The molecule has 6 heteroatoms. The van der Waals surface area contributed by atoms with Gasteiger partial charge in [0.2, 0.25) is 10.0 Å². The fourth-order valence-electron chi connectivity index (χ4n) is 2.95. The molecule has 0 radical (unpaired) electrons. The van der Waals surface area contributed by atoms with E-state index in [9.17, 15) is 13.5 Å². The Balaban J connectivity index is 2.02. The van der Waals surface area contributed by atoms with Gasteiger partial charge in [-0.1, -0.05) is 60.7 Å². The first-order valence-electron chi connectivity index (χ1n) is 7.95. The molecule has 2 aromatic rings. The third kappa shape index (κ3) is 3.52. The molecule has 1 fully saturated rings. The zero-order valence-electron chi connectivity index (χ0n) is 13.3. The second kappa shape index (κ2) is 7.44. The van der Waals surface area contributed by atoms with Gasteiger partial charge in [0, 0.05) is 13.1 Å². The molecule has 1 aliphatic rings. The number of aliphatic hydroxyl groups is 1. The summed E-state index contributed by atoms with van der Waals surface area (Å²) in [4.78, 5) is 0. The molecule has 2 aromatic carbocycles. The molecular weight excluding hydrogens is 326 g/mol. The molecule has 0 bridgehead atoms. The van der Waals surface area contributed by atoms with E-state index in [4.69, 9.17) is 4.74 Å². The maximum Gasteiger partial charge on any atom is 0.224 e. The van der Waals surface area contributed by atoms with Gasteiger partial charge in [-0.15, -0.1) is 0 Å². The van der Waals surface area contributed by atoms with Crippen molar-refractivity contribution in [3.63, 3.8) is 0 Å². The summed E-state index contributed by atoms with van der Waals surface area (Å²) < 4.78 is 33.1. The smallest absolute Gasteiger partial charge is 0.224 e. The third-order valence-corrected chi connectivity index (χ3v) is 6.46. The van der Waals surface area contributed by atoms with Gasteiger partial charge in [-0.3, -0.25) is 0 Å². The van der Waals surface area contributed by atoms with Gasteiger partial charge in [0.15, 0.2) is 0 Å². The number of hydrogen-bond donors (Lipinski definition) is 1. The van der Waals surface area contributed by atoms with Crippen LogP contribution in [0.3, 0.4) is 0 Å². The Labute approximate surface area is 142 Å². The van der Waals surface area contributed by atoms with Gasteiger partial charge >= 0.3 is 0 Å². The van der Waals surface area contributed by atoms with Crippen molar-refractivity contribution < 1.29 is 18.3 Å². The fourth-order valence-corrected chi connectivity index (χ4v) is 4.91. The zero-order valence-corrected chi connectivity index (χ0v) is 14.1. The number of rotatable bonds is 5. The maximum atomic E-state index is 13.2. The summed E-state index contributed by atoms with van der Waals surface area (Å²) >= 11 is 0. The van der Waals surface area contributed by atoms with E-state index in [0.717, 1.165) is 0 Å². The largest absolute Gasteiger partial charge is 0.387 e. The predicted octanol–water partition coefficient (Wildman–Crippen LogP) is 2.12. The molecular formula is C18H21NO4S. The predicted molar refractivity (Wildman–Crippen MR) is 91.9 cm³/mol. The molecule has 0 unspecified atom stereocenters. The van der Waals surface area contributed by atoms with Gasteiger partial charge < -0.3 is 9.84 Å². The fraction of sp³-hybridized carbons (Fsp3) is 0.333. The molecule has 0 aromatic heterocycles. The van der Waals surface area contributed by atoms with E-state index < -0.39 is 21.4 Å². The lowest BCUT2D eigenvalue weighted by Crippen LogP contribution is -2.44. The van der Waals surface area contributed by atoms with Gasteiger partial charge in [0.05, 0.1) is 13.2 Å². The Morgan fingerprint density at radius 1 is 0.875 bits per heavy atom. The molecule has 0 amide bonds. The van der Waals surface area contributed by atoms with E-state index in [2.05, 4.69) is 0 Å². The highest BCUT2D eigenvalue weighted by Crippen LogP contribution is 2.37. The van der Waals surface area contributed by atoms with Crippen LogP contribution in [0.1, 0.15) is 22.5 Å². The number of ether oxygens (including phenoxy) is 1. The summed E-state index contributed by atoms with van der Waals surface area (Å²) in [5, 5.41) is 9.82. The summed E-state index contributed by atoms with van der Waals surface area (Å²) in [5.41, 5.74) is 1.17. The van der Waals surface area contributed by atoms with Gasteiger partial charge in [-0.25, -0.2) is 8.42 Å². The van der Waals surface area contributed by atoms with E-state index in [1.54, 1.807) is 48.5 Å². The molecule has 3 rings (SSSR count). The Bertz CT molecular complexity index is 743. The molecule has 128 valence electrons. The summed E-state index contributed by atoms with van der Waals surface area (Å²) in [5.74, 6) is 0. The Hall–Kier alpha value is -1.73. The van der Waals surface area contributed by atoms with Crippen LogP contribution in [0.25, 0.3) is 0 Å². The average molecular weight is 347 g/mol. The van der Waals surface area contributed by atoms with Crippen molar-refractivity contribution in [1.29, 1.82) is 0 Å². The zero-order chi connectivity index (χ0) is 17.0. The van der Waals surface area contributed by atoms with Gasteiger partial charge in [0.1, 0.15) is 11.4 Å². The van der Waals surface area contributed by atoms with Crippen molar-refractivity contribution in [2.45, 2.75) is 11.4 Å². The van der Waals surface area contributed by atoms with E-state index in [0.29, 0.717) is 37.4 Å². The highest BCUT2D eigenvalue weighted by atomic mass is 32.2. The Morgan fingerprint density at radius 3 is 1.92 bits per heavy atom. The molecule has 1 N–H and O–H groups in total. The molecule has 5 nitrogen and oxygen atoms in total. The van der Waals surface area contributed by atoms with Crippen LogP contribution in [0.5, 0.6) is 0 Å². The molecule has 1 heterocycles. The number of nitrogens with zero attached hydrogens (tertiary/aromatic N) is 1. The van der Waals surface area contributed by atoms with E-state index in [1.165, 1.54) is 4.31 Å². The Morgan fingerprint density at radius 2 is 1.38 bits per heavy atom. The molecule has 0 aliphatic carbocycles. The molecule has 24 heavy (non-hydrogen) atoms. The van der Waals surface area contributed by atoms with Crippen LogP contribution < -0.4 is 0 Å². The van der Waals surface area contributed by atoms with Crippen LogP contribution in [0.4, 0.5) is 0 Å². The van der Waals surface area contributed by atoms with Crippen molar-refractivity contribution in [3.8, 4) is 0 Å². The van der Waals surface area contributed by atoms with Crippen LogP contribution in [0.2, 0.25) is 0 Å². The van der Waals surface area contributed by atoms with E-state index in [1.807, 2.05) is 12.1 Å². The van der Waals surface area contributed by atoms with E-state index >= 15 is 0 Å². The summed E-state index contributed by atoms with van der Waals surface area (Å²) in [6, 6.07) is 17.8. The van der Waals surface area contributed by atoms with Crippen LogP contribution in [0.15, 0.2) is 60.7 Å². The highest BCUT2D eigenvalue weighted by molar-refractivity contribution is 7.89. The normalized spacial score (nSPS) is 18.9. The molecule has 2 atom stereocenters. The molecule has 1 saturated heterocycles. The first-order valence-corrected chi connectivity index (χ1v) is 9.45. The standard InChI is InChI=1S/C18H21NO4S/c20-17(15-7-3-1-4-8-15)18(16-9-5-2-6-10-16)24(21,22)19-11-13-23-14-12-19/h1-10,17-18,20H,11-14H2/t17-,18-/m0/s1.